The first-order valence-corrected chi connectivity index (χ1v) is 22.4. The number of carbonyl (C=O) groups excluding carboxylic acids is 5. The largest absolute Gasteiger partial charge is 0.458 e. The van der Waals surface area contributed by atoms with E-state index in [9.17, 15) is 49.5 Å². The van der Waals surface area contributed by atoms with Gasteiger partial charge in [0.25, 0.3) is 0 Å². The molecule has 0 saturated heterocycles. The summed E-state index contributed by atoms with van der Waals surface area (Å²) in [6.07, 6.45) is 8.26. The number of esters is 2. The van der Waals surface area contributed by atoms with Crippen molar-refractivity contribution in [1.82, 2.24) is 0 Å². The highest BCUT2D eigenvalue weighted by Gasteiger charge is 2.72. The van der Waals surface area contributed by atoms with Gasteiger partial charge in [0.2, 0.25) is 5.78 Å². The summed E-state index contributed by atoms with van der Waals surface area (Å²) in [6.45, 7) is 8.14. The molecule has 13 heteroatoms. The zero-order chi connectivity index (χ0) is 44.2. The summed E-state index contributed by atoms with van der Waals surface area (Å²) < 4.78 is 28.0. The Kier molecular flexibility index (Phi) is 11.0. The van der Waals surface area contributed by atoms with Crippen LogP contribution in [-0.2, 0) is 33.4 Å². The smallest absolute Gasteiger partial charge is 0.308 e. The van der Waals surface area contributed by atoms with Crippen LogP contribution in [0.1, 0.15) is 105 Å². The summed E-state index contributed by atoms with van der Waals surface area (Å²) in [5, 5.41) is 56.0. The number of aliphatic hydroxyl groups is 5. The maximum atomic E-state index is 17.5. The number of ketones is 3. The lowest BCUT2D eigenvalue weighted by Crippen LogP contribution is -2.66. The van der Waals surface area contributed by atoms with Gasteiger partial charge in [-0.25, -0.2) is 4.39 Å². The molecule has 0 aromatic rings. The lowest BCUT2D eigenvalue weighted by Gasteiger charge is -2.61. The second kappa shape index (κ2) is 15.1. The number of aliphatic hydroxyl groups excluding tert-OH is 4. The van der Waals surface area contributed by atoms with E-state index in [-0.39, 0.29) is 60.4 Å². The van der Waals surface area contributed by atoms with Crippen molar-refractivity contribution in [2.45, 2.75) is 141 Å². The van der Waals surface area contributed by atoms with Crippen LogP contribution in [0.4, 0.5) is 4.39 Å². The Morgan fingerprint density at radius 1 is 0.885 bits per heavy atom. The number of carbonyl (C=O) groups is 5. The third-order valence-electron chi connectivity index (χ3n) is 18.1. The molecule has 6 saturated carbocycles. The van der Waals surface area contributed by atoms with Gasteiger partial charge in [0.15, 0.2) is 23.8 Å². The van der Waals surface area contributed by atoms with Crippen molar-refractivity contribution < 1.29 is 63.4 Å². The first kappa shape index (κ1) is 44.3. The first-order valence-electron chi connectivity index (χ1n) is 22.4. The molecule has 0 bridgehead atoms. The SMILES string of the molecule is CC1CC2C3CCC4=CC(=O)C=CC4(C)C3(F)C(O)CC2(C)C1C(=O)COC(=O)CC(O)CC(=O)OCC(=O)C1(O)CCC2C3CCC4=CC(O)C=CC4(C)C3C(O)CC21C. The van der Waals surface area contributed by atoms with Crippen LogP contribution in [0.5, 0.6) is 0 Å². The summed E-state index contributed by atoms with van der Waals surface area (Å²) in [6, 6.07) is 0. The fourth-order valence-electron chi connectivity index (χ4n) is 15.3. The second-order valence-electron chi connectivity index (χ2n) is 21.1. The van der Waals surface area contributed by atoms with Crippen LogP contribution in [-0.4, -0.2) is 104 Å². The van der Waals surface area contributed by atoms with E-state index in [4.69, 9.17) is 9.47 Å². The summed E-state index contributed by atoms with van der Waals surface area (Å²) >= 11 is 0. The molecule has 5 N–H and O–H groups in total. The average molecular weight is 851 g/mol. The minimum atomic E-state index is -2.02. The average Bonchev–Trinajstić information content (AvgIpc) is 3.61. The van der Waals surface area contributed by atoms with Crippen LogP contribution >= 0.6 is 0 Å². The van der Waals surface area contributed by atoms with Gasteiger partial charge in [-0.05, 0) is 106 Å². The van der Waals surface area contributed by atoms with Gasteiger partial charge >= 0.3 is 11.9 Å². The Hall–Kier alpha value is -3.36. The third-order valence-corrected chi connectivity index (χ3v) is 18.1. The van der Waals surface area contributed by atoms with E-state index >= 15 is 4.39 Å². The predicted octanol–water partition coefficient (Wildman–Crippen LogP) is 4.39. The van der Waals surface area contributed by atoms with Crippen molar-refractivity contribution in [3.8, 4) is 0 Å². The van der Waals surface area contributed by atoms with E-state index in [1.165, 1.54) is 12.2 Å². The highest BCUT2D eigenvalue weighted by atomic mass is 19.1. The molecule has 8 aliphatic carbocycles. The first-order chi connectivity index (χ1) is 28.5. The summed E-state index contributed by atoms with van der Waals surface area (Å²) in [5.74, 6) is -4.91. The number of halogens is 1. The number of fused-ring (bicyclic) bond motifs is 10. The quantitative estimate of drug-likeness (QED) is 0.154. The molecule has 8 aliphatic rings. The van der Waals surface area contributed by atoms with E-state index in [1.807, 2.05) is 32.9 Å². The van der Waals surface area contributed by atoms with Gasteiger partial charge in [0.05, 0.1) is 37.3 Å². The molecule has 17 unspecified atom stereocenters. The number of ether oxygens (including phenoxy) is 2. The Morgan fingerprint density at radius 2 is 1.56 bits per heavy atom. The molecular formula is C48H63FO12. The zero-order valence-electron chi connectivity index (χ0n) is 36.0. The van der Waals surface area contributed by atoms with Crippen molar-refractivity contribution in [2.75, 3.05) is 13.2 Å². The van der Waals surface area contributed by atoms with Gasteiger partial charge in [-0.3, -0.25) is 24.0 Å². The Balaban J connectivity index is 0.826. The maximum absolute atomic E-state index is 17.5. The zero-order valence-corrected chi connectivity index (χ0v) is 36.0. The van der Waals surface area contributed by atoms with Crippen LogP contribution in [0.2, 0.25) is 0 Å². The van der Waals surface area contributed by atoms with Gasteiger partial charge < -0.3 is 35.0 Å². The fraction of sp³-hybridized carbons (Fsp3) is 0.729. The Labute approximate surface area is 356 Å². The summed E-state index contributed by atoms with van der Waals surface area (Å²) in [7, 11) is 0. The molecule has 334 valence electrons. The molecule has 0 amide bonds. The molecule has 0 heterocycles. The molecule has 61 heavy (non-hydrogen) atoms. The molecule has 0 radical (unpaired) electrons. The molecule has 0 spiro atoms. The van der Waals surface area contributed by atoms with Crippen molar-refractivity contribution in [1.29, 1.82) is 0 Å². The molecule has 17 atom stereocenters. The highest BCUT2D eigenvalue weighted by Crippen LogP contribution is 2.70. The minimum absolute atomic E-state index is 0.0236. The van der Waals surface area contributed by atoms with E-state index < -0.39 is 113 Å². The second-order valence-corrected chi connectivity index (χ2v) is 21.1. The number of hydrogen-bond acceptors (Lipinski definition) is 12. The molecule has 0 aliphatic heterocycles. The van der Waals surface area contributed by atoms with Crippen LogP contribution in [0.15, 0.2) is 47.6 Å². The van der Waals surface area contributed by atoms with E-state index in [0.717, 1.165) is 18.4 Å². The van der Waals surface area contributed by atoms with Gasteiger partial charge in [0, 0.05) is 34.0 Å². The maximum Gasteiger partial charge on any atom is 0.308 e. The number of hydrogen-bond donors (Lipinski definition) is 5. The van der Waals surface area contributed by atoms with Crippen LogP contribution in [0, 0.1) is 63.1 Å². The Bertz CT molecular complexity index is 2010. The lowest BCUT2D eigenvalue weighted by molar-refractivity contribution is -0.196. The van der Waals surface area contributed by atoms with Crippen molar-refractivity contribution in [2.24, 2.45) is 63.1 Å². The van der Waals surface area contributed by atoms with E-state index in [0.29, 0.717) is 31.3 Å². The van der Waals surface area contributed by atoms with Crippen molar-refractivity contribution >= 4 is 29.3 Å². The highest BCUT2D eigenvalue weighted by molar-refractivity contribution is 6.01. The van der Waals surface area contributed by atoms with Gasteiger partial charge in [0.1, 0.15) is 12.2 Å². The number of Topliss-reactive ketones (excluding diaryl/α,β-unsaturated/α-hetero) is 2. The number of allylic oxidation sites excluding steroid dienone is 6. The monoisotopic (exact) mass is 850 g/mol. The Morgan fingerprint density at radius 3 is 2.26 bits per heavy atom. The molecular weight excluding hydrogens is 788 g/mol. The lowest BCUT2D eigenvalue weighted by atomic mass is 9.45. The van der Waals surface area contributed by atoms with E-state index in [1.54, 1.807) is 19.1 Å². The molecule has 6 fully saturated rings. The number of rotatable bonds is 10. The summed E-state index contributed by atoms with van der Waals surface area (Å²) in [5.41, 5.74) is -5.43. The predicted molar refractivity (Wildman–Crippen MR) is 218 cm³/mol. The molecule has 12 nitrogen and oxygen atoms in total. The topological polar surface area (TPSA) is 205 Å². The summed E-state index contributed by atoms with van der Waals surface area (Å²) in [4.78, 5) is 65.3. The van der Waals surface area contributed by atoms with Gasteiger partial charge in [-0.2, -0.15) is 0 Å². The van der Waals surface area contributed by atoms with Gasteiger partial charge in [-0.1, -0.05) is 63.1 Å². The van der Waals surface area contributed by atoms with Crippen molar-refractivity contribution in [3.05, 3.63) is 47.6 Å². The van der Waals surface area contributed by atoms with Crippen LogP contribution in [0.3, 0.4) is 0 Å². The molecule has 8 rings (SSSR count). The third kappa shape index (κ3) is 6.55. The van der Waals surface area contributed by atoms with Crippen LogP contribution < -0.4 is 0 Å². The standard InChI is InChI=1S/C48H63FO12/c1-25-16-34-33-9-7-27-18-29(51)11-14-45(27,4)48(33,49)37(55)22-44(34,3)41(25)36(54)23-60-39(57)19-30(52)20-40(58)61-24-38(56)47(59)15-12-32-31-8-6-26-17-28(50)10-13-43(26,2)42(31)35(53)21-46(32,47)5/h10-11,13-14,17-18,25,28,30-35,37,41-42,50,52-53,55,59H,6-9,12,15-16,19-24H2,1-5H3. The minimum Gasteiger partial charge on any atom is -0.458 e. The van der Waals surface area contributed by atoms with E-state index in [2.05, 4.69) is 6.92 Å². The number of alkyl halides is 1. The normalized spacial score (nSPS) is 47.3. The van der Waals surface area contributed by atoms with Crippen LogP contribution in [0.25, 0.3) is 0 Å². The van der Waals surface area contributed by atoms with Crippen molar-refractivity contribution in [3.63, 3.8) is 0 Å². The fourth-order valence-corrected chi connectivity index (χ4v) is 15.3. The molecule has 0 aromatic heterocycles. The molecule has 0 aromatic carbocycles. The van der Waals surface area contributed by atoms with Gasteiger partial charge in [-0.15, -0.1) is 0 Å².